The fourth-order valence-corrected chi connectivity index (χ4v) is 7.85. The van der Waals surface area contributed by atoms with E-state index < -0.39 is 22.0 Å². The Hall–Kier alpha value is -2.40. The van der Waals surface area contributed by atoms with Crippen molar-refractivity contribution in [2.24, 2.45) is 0 Å². The standard InChI is InChI=1S/C25H25NO3SSe/c1-25(2,3)19-15-13-18(14-16-19)22(17-31-20-9-5-4-6-10-20)26-24(27)21-11-7-8-12-23(21)30(26,28)29/h4-16,22H,17H2,1-3H3. The van der Waals surface area contributed by atoms with Crippen molar-refractivity contribution in [2.75, 3.05) is 0 Å². The van der Waals surface area contributed by atoms with Gasteiger partial charge < -0.3 is 0 Å². The number of fused-ring (bicyclic) bond motifs is 1. The molecule has 0 spiro atoms. The quantitative estimate of drug-likeness (QED) is 0.493. The van der Waals surface area contributed by atoms with Crippen LogP contribution in [-0.2, 0) is 15.4 Å². The number of benzene rings is 3. The second kappa shape index (κ2) is 8.27. The molecule has 160 valence electrons. The molecule has 1 amide bonds. The van der Waals surface area contributed by atoms with Crippen LogP contribution in [0.3, 0.4) is 0 Å². The molecule has 1 aliphatic heterocycles. The van der Waals surface area contributed by atoms with Gasteiger partial charge in [0.15, 0.2) is 0 Å². The monoisotopic (exact) mass is 499 g/mol. The third-order valence-electron chi connectivity index (χ3n) is 5.45. The van der Waals surface area contributed by atoms with Gasteiger partial charge in [-0.15, -0.1) is 0 Å². The zero-order valence-corrected chi connectivity index (χ0v) is 20.3. The molecule has 0 N–H and O–H groups in total. The molecule has 0 aliphatic carbocycles. The van der Waals surface area contributed by atoms with Crippen molar-refractivity contribution in [1.29, 1.82) is 0 Å². The Kier molecular flexibility index (Phi) is 5.82. The number of hydrogen-bond donors (Lipinski definition) is 0. The summed E-state index contributed by atoms with van der Waals surface area (Å²) in [5.41, 5.74) is 2.26. The Morgan fingerprint density at radius 3 is 2.10 bits per heavy atom. The van der Waals surface area contributed by atoms with Gasteiger partial charge in [-0.05, 0) is 0 Å². The zero-order valence-electron chi connectivity index (χ0n) is 17.8. The number of carbonyl (C=O) groups is 1. The van der Waals surface area contributed by atoms with E-state index in [1.165, 1.54) is 16.1 Å². The number of hydrogen-bond acceptors (Lipinski definition) is 3. The molecule has 3 aromatic rings. The van der Waals surface area contributed by atoms with Crippen LogP contribution in [0.15, 0.2) is 83.8 Å². The molecule has 0 radical (unpaired) electrons. The van der Waals surface area contributed by atoms with E-state index in [0.29, 0.717) is 5.32 Å². The number of amides is 1. The molecular weight excluding hydrogens is 473 g/mol. The molecule has 1 unspecified atom stereocenters. The van der Waals surface area contributed by atoms with E-state index in [0.717, 1.165) is 9.87 Å². The molecule has 0 aromatic heterocycles. The maximum atomic E-state index is 13.4. The van der Waals surface area contributed by atoms with E-state index in [1.807, 2.05) is 42.5 Å². The van der Waals surface area contributed by atoms with Crippen LogP contribution in [0, 0.1) is 0 Å². The first-order valence-electron chi connectivity index (χ1n) is 10.2. The molecule has 0 fully saturated rings. The normalized spacial score (nSPS) is 16.2. The SMILES string of the molecule is CC(C)(C)c1ccc(C(C[Se]c2ccccc2)N2C(=O)c3ccccc3S2(=O)=O)cc1. The van der Waals surface area contributed by atoms with Crippen molar-refractivity contribution < 1.29 is 13.2 Å². The van der Waals surface area contributed by atoms with E-state index in [9.17, 15) is 13.2 Å². The molecule has 1 atom stereocenters. The van der Waals surface area contributed by atoms with Gasteiger partial charge >= 0.3 is 191 Å². The average Bonchev–Trinajstić information content (AvgIpc) is 2.95. The fraction of sp³-hybridized carbons (Fsp3) is 0.240. The summed E-state index contributed by atoms with van der Waals surface area (Å²) in [7, 11) is -3.89. The van der Waals surface area contributed by atoms with E-state index in [-0.39, 0.29) is 30.8 Å². The van der Waals surface area contributed by atoms with E-state index >= 15 is 0 Å². The molecule has 0 saturated heterocycles. The summed E-state index contributed by atoms with van der Waals surface area (Å²) in [6.07, 6.45) is 0. The van der Waals surface area contributed by atoms with Gasteiger partial charge in [-0.3, -0.25) is 0 Å². The molecule has 1 aliphatic rings. The van der Waals surface area contributed by atoms with Gasteiger partial charge in [-0.2, -0.15) is 0 Å². The van der Waals surface area contributed by atoms with Crippen LogP contribution in [0.2, 0.25) is 5.32 Å². The van der Waals surface area contributed by atoms with Crippen molar-refractivity contribution in [2.45, 2.75) is 42.4 Å². The summed E-state index contributed by atoms with van der Waals surface area (Å²) in [5, 5.41) is 0.574. The third kappa shape index (κ3) is 4.20. The van der Waals surface area contributed by atoms with Crippen molar-refractivity contribution >= 4 is 35.3 Å². The summed E-state index contributed by atoms with van der Waals surface area (Å²) in [6, 6.07) is 24.0. The maximum absolute atomic E-state index is 13.4. The van der Waals surface area contributed by atoms with Crippen LogP contribution in [0.1, 0.15) is 48.3 Å². The summed E-state index contributed by atoms with van der Waals surface area (Å²) >= 11 is 0.0131. The van der Waals surface area contributed by atoms with Crippen molar-refractivity contribution in [1.82, 2.24) is 4.31 Å². The number of rotatable bonds is 5. The van der Waals surface area contributed by atoms with Crippen molar-refractivity contribution in [3.8, 4) is 0 Å². The first-order chi connectivity index (χ1) is 14.7. The Morgan fingerprint density at radius 1 is 0.871 bits per heavy atom. The molecule has 1 heterocycles. The minimum absolute atomic E-state index is 0.00617. The second-order valence-electron chi connectivity index (χ2n) is 8.61. The van der Waals surface area contributed by atoms with Crippen LogP contribution >= 0.6 is 0 Å². The third-order valence-corrected chi connectivity index (χ3v) is 9.58. The fourth-order valence-electron chi connectivity index (χ4n) is 3.71. The Labute approximate surface area is 190 Å². The molecule has 4 rings (SSSR count). The molecule has 0 bridgehead atoms. The van der Waals surface area contributed by atoms with Gasteiger partial charge in [-0.25, -0.2) is 0 Å². The number of sulfonamides is 1. The van der Waals surface area contributed by atoms with Gasteiger partial charge in [0.05, 0.1) is 0 Å². The molecule has 6 heteroatoms. The predicted octanol–water partition coefficient (Wildman–Crippen LogP) is 4.32. The van der Waals surface area contributed by atoms with E-state index in [4.69, 9.17) is 0 Å². The van der Waals surface area contributed by atoms with Gasteiger partial charge in [0, 0.05) is 0 Å². The minimum atomic E-state index is -3.89. The Morgan fingerprint density at radius 2 is 1.48 bits per heavy atom. The molecule has 31 heavy (non-hydrogen) atoms. The second-order valence-corrected chi connectivity index (χ2v) is 12.7. The molecule has 0 saturated carbocycles. The molecule has 4 nitrogen and oxygen atoms in total. The average molecular weight is 499 g/mol. The van der Waals surface area contributed by atoms with Crippen LogP contribution in [0.25, 0.3) is 0 Å². The Balaban J connectivity index is 1.75. The topological polar surface area (TPSA) is 54.5 Å². The molecule has 3 aromatic carbocycles. The van der Waals surface area contributed by atoms with Crippen LogP contribution in [-0.4, -0.2) is 33.6 Å². The van der Waals surface area contributed by atoms with Crippen LogP contribution in [0.4, 0.5) is 0 Å². The van der Waals surface area contributed by atoms with Gasteiger partial charge in [0.2, 0.25) is 0 Å². The zero-order chi connectivity index (χ0) is 22.2. The van der Waals surface area contributed by atoms with Crippen LogP contribution < -0.4 is 4.46 Å². The molecular formula is C25H25NO3SSe. The van der Waals surface area contributed by atoms with E-state index in [2.05, 4.69) is 32.9 Å². The number of nitrogens with zero attached hydrogens (tertiary/aromatic N) is 1. The van der Waals surface area contributed by atoms with Crippen molar-refractivity contribution in [3.63, 3.8) is 0 Å². The van der Waals surface area contributed by atoms with Crippen molar-refractivity contribution in [3.05, 3.63) is 95.6 Å². The number of carbonyl (C=O) groups excluding carboxylic acids is 1. The summed E-state index contributed by atoms with van der Waals surface area (Å²) in [5.74, 6) is -0.440. The summed E-state index contributed by atoms with van der Waals surface area (Å²) in [4.78, 5) is 13.3. The predicted molar refractivity (Wildman–Crippen MR) is 124 cm³/mol. The van der Waals surface area contributed by atoms with Gasteiger partial charge in [0.1, 0.15) is 0 Å². The first kappa shape index (κ1) is 21.8. The summed E-state index contributed by atoms with van der Waals surface area (Å²) in [6.45, 7) is 6.43. The van der Waals surface area contributed by atoms with Gasteiger partial charge in [-0.1, -0.05) is 0 Å². The van der Waals surface area contributed by atoms with Crippen LogP contribution in [0.5, 0.6) is 0 Å². The van der Waals surface area contributed by atoms with E-state index in [1.54, 1.807) is 18.2 Å². The van der Waals surface area contributed by atoms with Gasteiger partial charge in [0.25, 0.3) is 0 Å². The summed E-state index contributed by atoms with van der Waals surface area (Å²) < 4.78 is 29.0. The Bertz CT molecular complexity index is 1200. The first-order valence-corrected chi connectivity index (χ1v) is 13.7.